The first-order valence-corrected chi connectivity index (χ1v) is 11.5. The molecule has 0 saturated carbocycles. The molecule has 1 aliphatic rings. The number of amides is 2. The molecule has 0 radical (unpaired) electrons. The summed E-state index contributed by atoms with van der Waals surface area (Å²) in [5.41, 5.74) is 0.833. The summed E-state index contributed by atoms with van der Waals surface area (Å²) in [6, 6.07) is 10.0. The molecule has 3 rings (SSSR count). The number of rotatable bonds is 11. The number of nitrogens with zero attached hydrogens (tertiary/aromatic N) is 3. The van der Waals surface area contributed by atoms with Gasteiger partial charge < -0.3 is 19.3 Å². The quantitative estimate of drug-likeness (QED) is 0.512. The normalized spacial score (nSPS) is 14.3. The fourth-order valence-corrected chi connectivity index (χ4v) is 4.21. The van der Waals surface area contributed by atoms with E-state index in [-0.39, 0.29) is 30.8 Å². The lowest BCUT2D eigenvalue weighted by molar-refractivity contribution is -0.143. The molecule has 174 valence electrons. The lowest BCUT2D eigenvalue weighted by Gasteiger charge is -2.31. The molecule has 1 fully saturated rings. The van der Waals surface area contributed by atoms with Gasteiger partial charge in [0, 0.05) is 44.7 Å². The first kappa shape index (κ1) is 24.3. The lowest BCUT2D eigenvalue weighted by atomic mass is 10.2. The molecule has 2 aromatic rings. The van der Waals surface area contributed by atoms with Crippen LogP contribution in [0, 0.1) is 5.82 Å². The summed E-state index contributed by atoms with van der Waals surface area (Å²) in [6.45, 7) is 4.78. The largest absolute Gasteiger partial charge is 0.379 e. The molecule has 0 aliphatic carbocycles. The fourth-order valence-electron chi connectivity index (χ4n) is 3.49. The van der Waals surface area contributed by atoms with Gasteiger partial charge in [-0.1, -0.05) is 18.2 Å². The van der Waals surface area contributed by atoms with Crippen LogP contribution in [0.15, 0.2) is 41.8 Å². The summed E-state index contributed by atoms with van der Waals surface area (Å²) < 4.78 is 23.7. The van der Waals surface area contributed by atoms with E-state index in [2.05, 4.69) is 4.90 Å². The van der Waals surface area contributed by atoms with Gasteiger partial charge in [0.1, 0.15) is 12.4 Å². The molecule has 2 heterocycles. The van der Waals surface area contributed by atoms with Gasteiger partial charge in [0.15, 0.2) is 0 Å². The Kier molecular flexibility index (Phi) is 9.61. The van der Waals surface area contributed by atoms with Crippen molar-refractivity contribution >= 4 is 23.2 Å². The molecule has 7 nitrogen and oxygen atoms in total. The molecule has 0 N–H and O–H groups in total. The van der Waals surface area contributed by atoms with Crippen LogP contribution in [0.2, 0.25) is 0 Å². The third kappa shape index (κ3) is 7.67. The van der Waals surface area contributed by atoms with Gasteiger partial charge >= 0.3 is 0 Å². The molecule has 1 saturated heterocycles. The highest BCUT2D eigenvalue weighted by Crippen LogP contribution is 2.16. The predicted octanol–water partition coefficient (Wildman–Crippen LogP) is 2.22. The molecule has 0 atom stereocenters. The Labute approximate surface area is 192 Å². The Morgan fingerprint density at radius 1 is 1.09 bits per heavy atom. The zero-order valence-electron chi connectivity index (χ0n) is 18.4. The summed E-state index contributed by atoms with van der Waals surface area (Å²) in [4.78, 5) is 32.5. The molecule has 2 amide bonds. The van der Waals surface area contributed by atoms with Crippen LogP contribution >= 0.6 is 11.3 Å². The summed E-state index contributed by atoms with van der Waals surface area (Å²) in [5, 5.41) is 1.96. The van der Waals surface area contributed by atoms with Gasteiger partial charge in [-0.3, -0.25) is 14.5 Å². The topological polar surface area (TPSA) is 62.3 Å². The molecular weight excluding hydrogens is 433 g/mol. The first-order valence-electron chi connectivity index (χ1n) is 10.7. The number of halogens is 1. The second-order valence-electron chi connectivity index (χ2n) is 7.66. The third-order valence-electron chi connectivity index (χ3n) is 5.30. The number of hydrogen-bond donors (Lipinski definition) is 0. The summed E-state index contributed by atoms with van der Waals surface area (Å²) >= 11 is 1.57. The minimum atomic E-state index is -0.315. The van der Waals surface area contributed by atoms with Crippen molar-refractivity contribution in [1.29, 1.82) is 0 Å². The molecular formula is C23H30FN3O4S. The van der Waals surface area contributed by atoms with Gasteiger partial charge in [-0.05, 0) is 29.1 Å². The molecule has 9 heteroatoms. The van der Waals surface area contributed by atoms with Crippen LogP contribution < -0.4 is 0 Å². The van der Waals surface area contributed by atoms with Gasteiger partial charge in [0.2, 0.25) is 11.8 Å². The maximum absolute atomic E-state index is 13.3. The second kappa shape index (κ2) is 12.6. The maximum atomic E-state index is 13.3. The Morgan fingerprint density at radius 3 is 2.50 bits per heavy atom. The van der Waals surface area contributed by atoms with E-state index >= 15 is 0 Å². The number of carbonyl (C=O) groups excluding carboxylic acids is 2. The van der Waals surface area contributed by atoms with Crippen LogP contribution in [0.4, 0.5) is 4.39 Å². The average Bonchev–Trinajstić information content (AvgIpc) is 3.31. The monoisotopic (exact) mass is 463 g/mol. The summed E-state index contributed by atoms with van der Waals surface area (Å²) in [5.74, 6) is -0.689. The molecule has 1 aromatic carbocycles. The van der Waals surface area contributed by atoms with Crippen LogP contribution in [0.5, 0.6) is 0 Å². The average molecular weight is 464 g/mol. The van der Waals surface area contributed by atoms with Gasteiger partial charge in [-0.2, -0.15) is 0 Å². The van der Waals surface area contributed by atoms with E-state index in [1.807, 2.05) is 17.5 Å². The van der Waals surface area contributed by atoms with Crippen LogP contribution in [0.3, 0.4) is 0 Å². The van der Waals surface area contributed by atoms with E-state index in [1.54, 1.807) is 33.3 Å². The first-order chi connectivity index (χ1) is 15.5. The zero-order valence-corrected chi connectivity index (χ0v) is 19.2. The van der Waals surface area contributed by atoms with E-state index in [1.165, 1.54) is 19.2 Å². The highest BCUT2D eigenvalue weighted by molar-refractivity contribution is 7.09. The smallest absolute Gasteiger partial charge is 0.249 e. The van der Waals surface area contributed by atoms with E-state index in [0.717, 1.165) is 23.5 Å². The Bertz CT molecular complexity index is 841. The van der Waals surface area contributed by atoms with Crippen molar-refractivity contribution in [3.63, 3.8) is 0 Å². The molecule has 1 aromatic heterocycles. The van der Waals surface area contributed by atoms with Crippen LogP contribution in [0.1, 0.15) is 10.4 Å². The predicted molar refractivity (Wildman–Crippen MR) is 121 cm³/mol. The van der Waals surface area contributed by atoms with Crippen molar-refractivity contribution in [2.75, 3.05) is 59.7 Å². The van der Waals surface area contributed by atoms with Crippen molar-refractivity contribution in [2.24, 2.45) is 0 Å². The van der Waals surface area contributed by atoms with Crippen LogP contribution in [-0.4, -0.2) is 86.2 Å². The highest BCUT2D eigenvalue weighted by atomic mass is 32.1. The maximum Gasteiger partial charge on any atom is 0.249 e. The van der Waals surface area contributed by atoms with Crippen molar-refractivity contribution < 1.29 is 23.5 Å². The summed E-state index contributed by atoms with van der Waals surface area (Å²) in [6.07, 6.45) is 0. The van der Waals surface area contributed by atoms with Crippen LogP contribution in [-0.2, 0) is 32.2 Å². The number of benzene rings is 1. The standard InChI is InChI=1S/C23H30FN3O4S/c1-30-18-23(29)26(9-8-25-10-12-31-13-11-25)17-22(28)27(16-21-3-2-14-32-21)15-19-4-6-20(24)7-5-19/h2-7,14H,8-13,15-18H2,1H3. The van der Waals surface area contributed by atoms with E-state index < -0.39 is 0 Å². The van der Waals surface area contributed by atoms with Crippen molar-refractivity contribution in [1.82, 2.24) is 14.7 Å². The van der Waals surface area contributed by atoms with E-state index in [0.29, 0.717) is 39.4 Å². The van der Waals surface area contributed by atoms with Gasteiger partial charge in [0.25, 0.3) is 0 Å². The van der Waals surface area contributed by atoms with E-state index in [9.17, 15) is 14.0 Å². The van der Waals surface area contributed by atoms with Crippen LogP contribution in [0.25, 0.3) is 0 Å². The second-order valence-corrected chi connectivity index (χ2v) is 8.69. The Hall–Kier alpha value is -2.33. The van der Waals surface area contributed by atoms with Gasteiger partial charge in [0.05, 0.1) is 26.3 Å². The zero-order chi connectivity index (χ0) is 22.8. The SMILES string of the molecule is COCC(=O)N(CCN1CCOCC1)CC(=O)N(Cc1ccc(F)cc1)Cc1cccs1. The minimum absolute atomic E-state index is 0.0287. The number of carbonyl (C=O) groups is 2. The van der Waals surface area contributed by atoms with Gasteiger partial charge in [-0.25, -0.2) is 4.39 Å². The highest BCUT2D eigenvalue weighted by Gasteiger charge is 2.23. The summed E-state index contributed by atoms with van der Waals surface area (Å²) in [7, 11) is 1.47. The number of morpholine rings is 1. The molecule has 0 bridgehead atoms. The Morgan fingerprint density at radius 2 is 1.84 bits per heavy atom. The molecule has 1 aliphatic heterocycles. The van der Waals surface area contributed by atoms with Crippen molar-refractivity contribution in [3.8, 4) is 0 Å². The number of thiophene rings is 1. The minimum Gasteiger partial charge on any atom is -0.379 e. The van der Waals surface area contributed by atoms with Crippen molar-refractivity contribution in [2.45, 2.75) is 13.1 Å². The lowest BCUT2D eigenvalue weighted by Crippen LogP contribution is -2.47. The van der Waals surface area contributed by atoms with E-state index in [4.69, 9.17) is 9.47 Å². The van der Waals surface area contributed by atoms with Crippen molar-refractivity contribution in [3.05, 3.63) is 58.0 Å². The Balaban J connectivity index is 1.68. The molecule has 0 unspecified atom stereocenters. The number of ether oxygens (including phenoxy) is 2. The fraction of sp³-hybridized carbons (Fsp3) is 0.478. The third-order valence-corrected chi connectivity index (χ3v) is 6.16. The molecule has 0 spiro atoms. The number of methoxy groups -OCH3 is 1. The number of hydrogen-bond acceptors (Lipinski definition) is 6. The molecule has 32 heavy (non-hydrogen) atoms. The van der Waals surface area contributed by atoms with Gasteiger partial charge in [-0.15, -0.1) is 11.3 Å².